The highest BCUT2D eigenvalue weighted by molar-refractivity contribution is 5.76. The first-order valence-electron chi connectivity index (χ1n) is 8.32. The van der Waals surface area contributed by atoms with Gasteiger partial charge in [-0.15, -0.1) is 0 Å². The van der Waals surface area contributed by atoms with Crippen molar-refractivity contribution in [3.8, 4) is 11.5 Å². The molecule has 0 bridgehead atoms. The van der Waals surface area contributed by atoms with Crippen molar-refractivity contribution in [3.63, 3.8) is 0 Å². The molecule has 0 aliphatic carbocycles. The summed E-state index contributed by atoms with van der Waals surface area (Å²) in [5, 5.41) is 2.94. The minimum atomic E-state index is 0.0368. The van der Waals surface area contributed by atoms with Crippen LogP contribution in [-0.2, 0) is 17.9 Å². The number of benzene rings is 2. The van der Waals surface area contributed by atoms with Gasteiger partial charge >= 0.3 is 0 Å². The Labute approximate surface area is 149 Å². The van der Waals surface area contributed by atoms with Gasteiger partial charge in [0.25, 0.3) is 0 Å². The van der Waals surface area contributed by atoms with E-state index in [0.717, 1.165) is 12.1 Å². The lowest BCUT2D eigenvalue weighted by Crippen LogP contribution is -2.28. The fourth-order valence-electron chi connectivity index (χ4n) is 2.55. The summed E-state index contributed by atoms with van der Waals surface area (Å²) in [6, 6.07) is 15.9. The van der Waals surface area contributed by atoms with Crippen LogP contribution in [0.4, 0.5) is 0 Å². The molecule has 0 unspecified atom stereocenters. The molecule has 134 valence electrons. The minimum absolute atomic E-state index is 0.0368. The van der Waals surface area contributed by atoms with E-state index in [0.29, 0.717) is 31.0 Å². The molecule has 1 amide bonds. The zero-order valence-corrected chi connectivity index (χ0v) is 15.1. The summed E-state index contributed by atoms with van der Waals surface area (Å²) in [6.45, 7) is 2.03. The molecule has 0 aliphatic rings. The summed E-state index contributed by atoms with van der Waals surface area (Å²) in [5.41, 5.74) is 2.22. The van der Waals surface area contributed by atoms with Crippen molar-refractivity contribution < 1.29 is 14.3 Å². The van der Waals surface area contributed by atoms with Crippen molar-refractivity contribution in [2.24, 2.45) is 0 Å². The zero-order valence-electron chi connectivity index (χ0n) is 15.1. The SMILES string of the molecule is COc1ccc(CNC(=O)CCN(C)Cc2ccccc2)cc1OC. The van der Waals surface area contributed by atoms with Crippen molar-refractivity contribution >= 4 is 5.91 Å². The van der Waals surface area contributed by atoms with Gasteiger partial charge in [0.2, 0.25) is 5.91 Å². The van der Waals surface area contributed by atoms with E-state index in [1.165, 1.54) is 5.56 Å². The third-order valence-electron chi connectivity index (χ3n) is 3.95. The van der Waals surface area contributed by atoms with Gasteiger partial charge in [0.1, 0.15) is 0 Å². The number of carbonyl (C=O) groups is 1. The average Bonchev–Trinajstić information content (AvgIpc) is 2.65. The summed E-state index contributed by atoms with van der Waals surface area (Å²) < 4.78 is 10.5. The smallest absolute Gasteiger partial charge is 0.221 e. The fourth-order valence-corrected chi connectivity index (χ4v) is 2.55. The molecule has 0 heterocycles. The monoisotopic (exact) mass is 342 g/mol. The highest BCUT2D eigenvalue weighted by atomic mass is 16.5. The number of nitrogens with one attached hydrogen (secondary N) is 1. The van der Waals surface area contributed by atoms with Crippen molar-refractivity contribution in [3.05, 3.63) is 59.7 Å². The van der Waals surface area contributed by atoms with E-state index < -0.39 is 0 Å². The molecule has 0 radical (unpaired) electrons. The van der Waals surface area contributed by atoms with E-state index in [9.17, 15) is 4.79 Å². The van der Waals surface area contributed by atoms with Crippen LogP contribution in [0.2, 0.25) is 0 Å². The zero-order chi connectivity index (χ0) is 18.1. The molecule has 0 aliphatic heterocycles. The van der Waals surface area contributed by atoms with Gasteiger partial charge in [-0.2, -0.15) is 0 Å². The van der Waals surface area contributed by atoms with Crippen LogP contribution in [0.3, 0.4) is 0 Å². The summed E-state index contributed by atoms with van der Waals surface area (Å²) >= 11 is 0. The van der Waals surface area contributed by atoms with Gasteiger partial charge in [0.05, 0.1) is 14.2 Å². The molecular weight excluding hydrogens is 316 g/mol. The Balaban J connectivity index is 1.75. The Morgan fingerprint density at radius 2 is 1.72 bits per heavy atom. The van der Waals surface area contributed by atoms with Crippen LogP contribution in [-0.4, -0.2) is 38.6 Å². The second kappa shape index (κ2) is 9.69. The molecule has 2 aromatic carbocycles. The van der Waals surface area contributed by atoms with Gasteiger partial charge in [-0.25, -0.2) is 0 Å². The Morgan fingerprint density at radius 1 is 1.00 bits per heavy atom. The maximum absolute atomic E-state index is 12.1. The molecule has 0 fully saturated rings. The van der Waals surface area contributed by atoms with Gasteiger partial charge in [-0.3, -0.25) is 4.79 Å². The molecule has 0 spiro atoms. The summed E-state index contributed by atoms with van der Waals surface area (Å²) in [7, 11) is 5.22. The van der Waals surface area contributed by atoms with E-state index in [1.54, 1.807) is 14.2 Å². The van der Waals surface area contributed by atoms with Crippen LogP contribution in [0.15, 0.2) is 48.5 Å². The maximum atomic E-state index is 12.1. The molecule has 1 N–H and O–H groups in total. The molecule has 2 rings (SSSR count). The van der Waals surface area contributed by atoms with Crippen molar-refractivity contribution in [2.75, 3.05) is 27.8 Å². The lowest BCUT2D eigenvalue weighted by Gasteiger charge is -2.16. The molecule has 25 heavy (non-hydrogen) atoms. The topological polar surface area (TPSA) is 50.8 Å². The van der Waals surface area contributed by atoms with Crippen LogP contribution in [0, 0.1) is 0 Å². The molecular formula is C20H26N2O3. The number of carbonyl (C=O) groups excluding carboxylic acids is 1. The highest BCUT2D eigenvalue weighted by Crippen LogP contribution is 2.27. The fraction of sp³-hybridized carbons (Fsp3) is 0.350. The Kier molecular flexibility index (Phi) is 7.29. The molecule has 0 aromatic heterocycles. The number of amides is 1. The van der Waals surface area contributed by atoms with E-state index >= 15 is 0 Å². The molecule has 0 atom stereocenters. The van der Waals surface area contributed by atoms with E-state index in [-0.39, 0.29) is 5.91 Å². The summed E-state index contributed by atoms with van der Waals surface area (Å²) in [5.74, 6) is 1.38. The van der Waals surface area contributed by atoms with Crippen LogP contribution in [0.1, 0.15) is 17.5 Å². The number of nitrogens with zero attached hydrogens (tertiary/aromatic N) is 1. The Morgan fingerprint density at radius 3 is 2.40 bits per heavy atom. The number of rotatable bonds is 9. The standard InChI is InChI=1S/C20H26N2O3/c1-22(15-16-7-5-4-6-8-16)12-11-20(23)21-14-17-9-10-18(24-2)19(13-17)25-3/h4-10,13H,11-12,14-15H2,1-3H3,(H,21,23). The van der Waals surface area contributed by atoms with Gasteiger partial charge in [0.15, 0.2) is 11.5 Å². The first-order valence-corrected chi connectivity index (χ1v) is 8.32. The molecule has 5 nitrogen and oxygen atoms in total. The lowest BCUT2D eigenvalue weighted by molar-refractivity contribution is -0.121. The van der Waals surface area contributed by atoms with Crippen LogP contribution < -0.4 is 14.8 Å². The second-order valence-electron chi connectivity index (χ2n) is 5.94. The number of ether oxygens (including phenoxy) is 2. The van der Waals surface area contributed by atoms with Gasteiger partial charge < -0.3 is 19.7 Å². The quantitative estimate of drug-likeness (QED) is 0.761. The van der Waals surface area contributed by atoms with Crippen molar-refractivity contribution in [1.29, 1.82) is 0 Å². The van der Waals surface area contributed by atoms with E-state index in [1.807, 2.05) is 43.4 Å². The lowest BCUT2D eigenvalue weighted by atomic mass is 10.2. The van der Waals surface area contributed by atoms with Gasteiger partial charge in [-0.1, -0.05) is 36.4 Å². The maximum Gasteiger partial charge on any atom is 0.221 e. The predicted molar refractivity (Wildman–Crippen MR) is 98.8 cm³/mol. The minimum Gasteiger partial charge on any atom is -0.493 e. The first-order chi connectivity index (χ1) is 12.1. The predicted octanol–water partition coefficient (Wildman–Crippen LogP) is 2.84. The molecule has 5 heteroatoms. The number of hydrogen-bond donors (Lipinski definition) is 1. The molecule has 0 saturated carbocycles. The van der Waals surface area contributed by atoms with Crippen LogP contribution in [0.25, 0.3) is 0 Å². The largest absolute Gasteiger partial charge is 0.493 e. The Bertz CT molecular complexity index is 674. The van der Waals surface area contributed by atoms with E-state index in [2.05, 4.69) is 22.3 Å². The van der Waals surface area contributed by atoms with Crippen LogP contribution >= 0.6 is 0 Å². The second-order valence-corrected chi connectivity index (χ2v) is 5.94. The van der Waals surface area contributed by atoms with Gasteiger partial charge in [-0.05, 0) is 30.3 Å². The third kappa shape index (κ3) is 6.12. The molecule has 0 saturated heterocycles. The summed E-state index contributed by atoms with van der Waals surface area (Å²) in [4.78, 5) is 14.2. The third-order valence-corrected chi connectivity index (χ3v) is 3.95. The highest BCUT2D eigenvalue weighted by Gasteiger charge is 2.07. The number of methoxy groups -OCH3 is 2. The van der Waals surface area contributed by atoms with Gasteiger partial charge in [0, 0.05) is 26.1 Å². The first kappa shape index (κ1) is 18.8. The average molecular weight is 342 g/mol. The van der Waals surface area contributed by atoms with Crippen molar-refractivity contribution in [1.82, 2.24) is 10.2 Å². The summed E-state index contributed by atoms with van der Waals surface area (Å²) in [6.07, 6.45) is 0.469. The van der Waals surface area contributed by atoms with Crippen LogP contribution in [0.5, 0.6) is 11.5 Å². The normalized spacial score (nSPS) is 10.6. The molecule has 2 aromatic rings. The number of hydrogen-bond acceptors (Lipinski definition) is 4. The van der Waals surface area contributed by atoms with Crippen molar-refractivity contribution in [2.45, 2.75) is 19.5 Å². The van der Waals surface area contributed by atoms with E-state index in [4.69, 9.17) is 9.47 Å². The Hall–Kier alpha value is -2.53.